The Morgan fingerprint density at radius 3 is 2.82 bits per heavy atom. The second-order valence-electron chi connectivity index (χ2n) is 5.03. The fourth-order valence-electron chi connectivity index (χ4n) is 2.49. The highest BCUT2D eigenvalue weighted by Gasteiger charge is 2.12. The molecule has 0 bridgehead atoms. The molecular weight excluding hydrogens is 276 g/mol. The van der Waals surface area contributed by atoms with Gasteiger partial charge in [0.15, 0.2) is 17.3 Å². The minimum atomic E-state index is -0.0340. The van der Waals surface area contributed by atoms with Gasteiger partial charge in [-0.05, 0) is 30.3 Å². The molecule has 5 nitrogen and oxygen atoms in total. The minimum absolute atomic E-state index is 0.0340. The number of carbonyl (C=O) groups excluding carboxylic acids is 1. The third kappa shape index (κ3) is 2.13. The maximum atomic E-state index is 12.2. The van der Waals surface area contributed by atoms with Crippen LogP contribution in [0.3, 0.4) is 0 Å². The number of rotatable bonds is 3. The van der Waals surface area contributed by atoms with Crippen molar-refractivity contribution in [3.05, 3.63) is 72.3 Å². The zero-order valence-electron chi connectivity index (χ0n) is 11.7. The van der Waals surface area contributed by atoms with Crippen molar-refractivity contribution in [2.45, 2.75) is 6.42 Å². The molecule has 22 heavy (non-hydrogen) atoms. The number of fused-ring (bicyclic) bond motifs is 3. The van der Waals surface area contributed by atoms with E-state index in [1.807, 2.05) is 36.4 Å². The number of carbonyl (C=O) groups is 1. The molecule has 0 saturated heterocycles. The van der Waals surface area contributed by atoms with Gasteiger partial charge in [0.25, 0.3) is 0 Å². The molecule has 0 atom stereocenters. The Hall–Kier alpha value is -3.08. The second-order valence-corrected chi connectivity index (χ2v) is 5.03. The van der Waals surface area contributed by atoms with Crippen LogP contribution in [0.1, 0.15) is 16.2 Å². The van der Waals surface area contributed by atoms with Crippen LogP contribution in [0.5, 0.6) is 0 Å². The quantitative estimate of drug-likeness (QED) is 0.544. The van der Waals surface area contributed by atoms with Gasteiger partial charge >= 0.3 is 0 Å². The summed E-state index contributed by atoms with van der Waals surface area (Å²) in [6, 6.07) is 15.4. The monoisotopic (exact) mass is 288 g/mol. The predicted octanol–water partition coefficient (Wildman–Crippen LogP) is 2.70. The number of hydrogen-bond donors (Lipinski definition) is 0. The molecule has 0 aliphatic carbocycles. The first kappa shape index (κ1) is 12.6. The lowest BCUT2D eigenvalue weighted by Crippen LogP contribution is -2.05. The lowest BCUT2D eigenvalue weighted by molar-refractivity contribution is 0.0990. The van der Waals surface area contributed by atoms with Crippen molar-refractivity contribution in [1.82, 2.24) is 19.6 Å². The van der Waals surface area contributed by atoms with Crippen molar-refractivity contribution in [3.63, 3.8) is 0 Å². The van der Waals surface area contributed by atoms with Gasteiger partial charge in [-0.3, -0.25) is 9.78 Å². The standard InChI is InChI=1S/C17H12N4O/c22-15(13-5-3-9-18-11-13)10-16-19-17-8-7-12-4-1-2-6-14(12)21(17)20-16/h1-9,11H,10H2. The van der Waals surface area contributed by atoms with Crippen LogP contribution in [0.25, 0.3) is 16.6 Å². The lowest BCUT2D eigenvalue weighted by atomic mass is 10.1. The lowest BCUT2D eigenvalue weighted by Gasteiger charge is -1.98. The molecule has 0 spiro atoms. The van der Waals surface area contributed by atoms with Crippen molar-refractivity contribution in [1.29, 1.82) is 0 Å². The normalized spacial score (nSPS) is 11.1. The molecule has 0 fully saturated rings. The number of Topliss-reactive ketones (excluding diaryl/α,β-unsaturated/α-hetero) is 1. The molecule has 0 unspecified atom stereocenters. The number of nitrogens with zero attached hydrogens (tertiary/aromatic N) is 4. The largest absolute Gasteiger partial charge is 0.294 e. The predicted molar refractivity (Wildman–Crippen MR) is 82.8 cm³/mol. The second kappa shape index (κ2) is 5.04. The number of benzene rings is 1. The van der Waals surface area contributed by atoms with Gasteiger partial charge in [0.2, 0.25) is 0 Å². The van der Waals surface area contributed by atoms with Gasteiger partial charge in [-0.15, -0.1) is 0 Å². The van der Waals surface area contributed by atoms with Gasteiger partial charge in [0.05, 0.1) is 11.9 Å². The van der Waals surface area contributed by atoms with Gasteiger partial charge in [0, 0.05) is 23.3 Å². The maximum absolute atomic E-state index is 12.2. The van der Waals surface area contributed by atoms with Crippen LogP contribution in [0.4, 0.5) is 0 Å². The summed E-state index contributed by atoms with van der Waals surface area (Å²) in [5.74, 6) is 0.485. The van der Waals surface area contributed by atoms with Crippen LogP contribution < -0.4 is 0 Å². The van der Waals surface area contributed by atoms with Crippen LogP contribution in [0, 0.1) is 0 Å². The SMILES string of the molecule is O=C(Cc1nc2ccc3ccccc3n2n1)c1cccnc1. The highest BCUT2D eigenvalue weighted by Crippen LogP contribution is 2.16. The Bertz CT molecular complexity index is 976. The van der Waals surface area contributed by atoms with E-state index in [0.717, 1.165) is 16.6 Å². The number of aromatic nitrogens is 4. The van der Waals surface area contributed by atoms with Crippen molar-refractivity contribution in [2.75, 3.05) is 0 Å². The molecule has 3 heterocycles. The molecule has 106 valence electrons. The van der Waals surface area contributed by atoms with E-state index in [2.05, 4.69) is 15.1 Å². The van der Waals surface area contributed by atoms with Crippen LogP contribution in [-0.4, -0.2) is 25.4 Å². The van der Waals surface area contributed by atoms with Gasteiger partial charge in [-0.1, -0.05) is 18.2 Å². The molecule has 0 saturated carbocycles. The first-order chi connectivity index (χ1) is 10.8. The molecule has 4 aromatic rings. The van der Waals surface area contributed by atoms with Gasteiger partial charge in [-0.2, -0.15) is 5.10 Å². The van der Waals surface area contributed by atoms with Crippen LogP contribution in [0.2, 0.25) is 0 Å². The number of ketones is 1. The van der Waals surface area contributed by atoms with E-state index in [9.17, 15) is 4.79 Å². The Morgan fingerprint density at radius 2 is 1.95 bits per heavy atom. The topological polar surface area (TPSA) is 60.2 Å². The highest BCUT2D eigenvalue weighted by atomic mass is 16.1. The van der Waals surface area contributed by atoms with Gasteiger partial charge in [0.1, 0.15) is 0 Å². The summed E-state index contributed by atoms with van der Waals surface area (Å²) in [4.78, 5) is 20.6. The molecule has 0 radical (unpaired) electrons. The van der Waals surface area contributed by atoms with E-state index in [0.29, 0.717) is 11.4 Å². The number of hydrogen-bond acceptors (Lipinski definition) is 4. The van der Waals surface area contributed by atoms with E-state index in [4.69, 9.17) is 0 Å². The summed E-state index contributed by atoms with van der Waals surface area (Å²) in [5.41, 5.74) is 2.30. The maximum Gasteiger partial charge on any atom is 0.172 e. The number of pyridine rings is 2. The molecule has 3 aromatic heterocycles. The third-order valence-corrected chi connectivity index (χ3v) is 3.56. The molecule has 4 rings (SSSR count). The smallest absolute Gasteiger partial charge is 0.172 e. The van der Waals surface area contributed by atoms with Crippen molar-refractivity contribution in [3.8, 4) is 0 Å². The van der Waals surface area contributed by atoms with E-state index in [1.54, 1.807) is 29.0 Å². The van der Waals surface area contributed by atoms with Crippen molar-refractivity contribution in [2.24, 2.45) is 0 Å². The first-order valence-corrected chi connectivity index (χ1v) is 6.98. The highest BCUT2D eigenvalue weighted by molar-refractivity contribution is 5.96. The van der Waals surface area contributed by atoms with E-state index in [1.165, 1.54) is 0 Å². The zero-order chi connectivity index (χ0) is 14.9. The molecular formula is C17H12N4O. The van der Waals surface area contributed by atoms with Crippen LogP contribution in [-0.2, 0) is 6.42 Å². The summed E-state index contributed by atoms with van der Waals surface area (Å²) in [7, 11) is 0. The summed E-state index contributed by atoms with van der Waals surface area (Å²) in [5, 5.41) is 5.56. The summed E-state index contributed by atoms with van der Waals surface area (Å²) in [6.45, 7) is 0. The summed E-state index contributed by atoms with van der Waals surface area (Å²) in [6.07, 6.45) is 3.38. The van der Waals surface area contributed by atoms with Crippen molar-refractivity contribution >= 4 is 22.3 Å². The van der Waals surface area contributed by atoms with E-state index < -0.39 is 0 Å². The molecule has 0 aliphatic heterocycles. The molecule has 0 N–H and O–H groups in total. The average molecular weight is 288 g/mol. The average Bonchev–Trinajstić information content (AvgIpc) is 2.98. The molecule has 0 amide bonds. The zero-order valence-corrected chi connectivity index (χ0v) is 11.7. The fraction of sp³-hybridized carbons (Fsp3) is 0.0588. The van der Waals surface area contributed by atoms with Crippen LogP contribution in [0.15, 0.2) is 60.9 Å². The Kier molecular flexibility index (Phi) is 2.89. The van der Waals surface area contributed by atoms with E-state index >= 15 is 0 Å². The summed E-state index contributed by atoms with van der Waals surface area (Å²) >= 11 is 0. The fourth-order valence-corrected chi connectivity index (χ4v) is 2.49. The minimum Gasteiger partial charge on any atom is -0.294 e. The first-order valence-electron chi connectivity index (χ1n) is 6.98. The Labute approximate surface area is 126 Å². The third-order valence-electron chi connectivity index (χ3n) is 3.56. The number of para-hydroxylation sites is 1. The Morgan fingerprint density at radius 1 is 1.05 bits per heavy atom. The van der Waals surface area contributed by atoms with Crippen LogP contribution >= 0.6 is 0 Å². The van der Waals surface area contributed by atoms with Gasteiger partial charge < -0.3 is 0 Å². The molecule has 0 aliphatic rings. The molecule has 5 heteroatoms. The van der Waals surface area contributed by atoms with Gasteiger partial charge in [-0.25, -0.2) is 9.50 Å². The van der Waals surface area contributed by atoms with Crippen molar-refractivity contribution < 1.29 is 4.79 Å². The Balaban J connectivity index is 1.74. The summed E-state index contributed by atoms with van der Waals surface area (Å²) < 4.78 is 1.78. The van der Waals surface area contributed by atoms with E-state index in [-0.39, 0.29) is 12.2 Å². The molecule has 1 aromatic carbocycles.